The minimum Gasteiger partial charge on any atom is -0.497 e. The highest BCUT2D eigenvalue weighted by atomic mass is 16.6. The Morgan fingerprint density at radius 1 is 0.909 bits per heavy atom. The van der Waals surface area contributed by atoms with Crippen LogP contribution < -0.4 is 14.8 Å². The number of carbonyl (C=O) groups excluding carboxylic acids is 1. The molecule has 10 heteroatoms. The molecule has 0 unspecified atom stereocenters. The predicted octanol–water partition coefficient (Wildman–Crippen LogP) is 3.17. The van der Waals surface area contributed by atoms with E-state index >= 15 is 0 Å². The zero-order valence-electron chi connectivity index (χ0n) is 17.9. The number of hydrogen-bond acceptors (Lipinski definition) is 8. The lowest BCUT2D eigenvalue weighted by molar-refractivity contribution is -0.136. The number of benzene rings is 2. The first-order valence-corrected chi connectivity index (χ1v) is 9.97. The summed E-state index contributed by atoms with van der Waals surface area (Å²) in [6.45, 7) is -0.0507. The highest BCUT2D eigenvalue weighted by Gasteiger charge is 2.25. The van der Waals surface area contributed by atoms with Gasteiger partial charge in [-0.15, -0.1) is 0 Å². The Hall–Kier alpha value is -4.47. The molecule has 0 spiro atoms. The normalized spacial score (nSPS) is 10.7. The van der Waals surface area contributed by atoms with E-state index in [1.165, 1.54) is 0 Å². The van der Waals surface area contributed by atoms with Crippen molar-refractivity contribution in [2.24, 2.45) is 0 Å². The topological polar surface area (TPSA) is 137 Å². The van der Waals surface area contributed by atoms with Gasteiger partial charge in [-0.3, -0.25) is 9.59 Å². The molecule has 0 aliphatic heterocycles. The number of aromatic nitrogens is 3. The minimum absolute atomic E-state index is 0.0507. The monoisotopic (exact) mass is 448 g/mol. The molecule has 0 aliphatic rings. The summed E-state index contributed by atoms with van der Waals surface area (Å²) in [6, 6.07) is 14.1. The van der Waals surface area contributed by atoms with E-state index < -0.39 is 11.9 Å². The molecule has 33 heavy (non-hydrogen) atoms. The number of carboxylic acid groups (broad SMARTS) is 1. The fraction of sp³-hybridized carbons (Fsp3) is 0.174. The van der Waals surface area contributed by atoms with Crippen LogP contribution in [0.4, 0.5) is 0 Å². The second-order valence-electron chi connectivity index (χ2n) is 7.00. The second-order valence-corrected chi connectivity index (χ2v) is 7.00. The van der Waals surface area contributed by atoms with Crippen molar-refractivity contribution >= 4 is 22.9 Å². The van der Waals surface area contributed by atoms with Crippen molar-refractivity contribution < 1.29 is 28.8 Å². The molecule has 0 fully saturated rings. The van der Waals surface area contributed by atoms with Gasteiger partial charge in [0.15, 0.2) is 5.52 Å². The Morgan fingerprint density at radius 3 is 2.06 bits per heavy atom. The highest BCUT2D eigenvalue weighted by Crippen LogP contribution is 2.36. The van der Waals surface area contributed by atoms with Gasteiger partial charge in [0, 0.05) is 17.7 Å². The van der Waals surface area contributed by atoms with Crippen LogP contribution in [-0.2, 0) is 4.79 Å². The van der Waals surface area contributed by atoms with Crippen LogP contribution in [0.1, 0.15) is 16.9 Å². The number of carbonyl (C=O) groups is 2. The lowest BCUT2D eigenvalue weighted by Crippen LogP contribution is -2.27. The Labute approximate surface area is 188 Å². The molecule has 4 aromatic rings. The zero-order chi connectivity index (χ0) is 23.4. The van der Waals surface area contributed by atoms with Gasteiger partial charge in [0.25, 0.3) is 5.91 Å². The van der Waals surface area contributed by atoms with Crippen molar-refractivity contribution in [1.82, 2.24) is 20.6 Å². The summed E-state index contributed by atoms with van der Waals surface area (Å²) in [5.41, 5.74) is 2.94. The molecule has 168 valence electrons. The van der Waals surface area contributed by atoms with Gasteiger partial charge in [0.05, 0.1) is 20.6 Å². The summed E-state index contributed by atoms with van der Waals surface area (Å²) in [4.78, 5) is 28.6. The number of ether oxygens (including phenoxy) is 2. The van der Waals surface area contributed by atoms with Gasteiger partial charge in [-0.05, 0) is 52.3 Å². The average Bonchev–Trinajstić information content (AvgIpc) is 3.33. The summed E-state index contributed by atoms with van der Waals surface area (Å²) >= 11 is 0. The largest absolute Gasteiger partial charge is 0.497 e. The number of aliphatic carboxylic acids is 1. The number of pyridine rings is 1. The fourth-order valence-corrected chi connectivity index (χ4v) is 3.35. The number of carboxylic acids is 1. The molecule has 2 N–H and O–H groups in total. The molecule has 2 heterocycles. The van der Waals surface area contributed by atoms with Crippen molar-refractivity contribution in [1.29, 1.82) is 0 Å². The summed E-state index contributed by atoms with van der Waals surface area (Å²) in [6.07, 6.45) is -0.220. The van der Waals surface area contributed by atoms with Crippen molar-refractivity contribution in [3.05, 3.63) is 54.2 Å². The fourth-order valence-electron chi connectivity index (χ4n) is 3.35. The van der Waals surface area contributed by atoms with E-state index in [4.69, 9.17) is 19.2 Å². The lowest BCUT2D eigenvalue weighted by atomic mass is 9.99. The van der Waals surface area contributed by atoms with Crippen LogP contribution >= 0.6 is 0 Å². The number of rotatable bonds is 8. The smallest absolute Gasteiger partial charge is 0.305 e. The first kappa shape index (κ1) is 21.8. The highest BCUT2D eigenvalue weighted by molar-refractivity contribution is 6.09. The first-order chi connectivity index (χ1) is 16.0. The maximum Gasteiger partial charge on any atom is 0.305 e. The summed E-state index contributed by atoms with van der Waals surface area (Å²) in [7, 11) is 3.12. The van der Waals surface area contributed by atoms with Crippen molar-refractivity contribution in [3.8, 4) is 33.9 Å². The lowest BCUT2D eigenvalue weighted by Gasteiger charge is -2.13. The molecule has 2 aromatic carbocycles. The molecule has 10 nitrogen and oxygen atoms in total. The Morgan fingerprint density at radius 2 is 1.48 bits per heavy atom. The molecule has 0 aliphatic carbocycles. The van der Waals surface area contributed by atoms with Crippen molar-refractivity contribution in [3.63, 3.8) is 0 Å². The molecular weight excluding hydrogens is 428 g/mol. The average molecular weight is 448 g/mol. The molecule has 4 rings (SSSR count). The van der Waals surface area contributed by atoms with Crippen molar-refractivity contribution in [2.75, 3.05) is 20.8 Å². The van der Waals surface area contributed by atoms with E-state index in [0.29, 0.717) is 44.9 Å². The standard InChI is InChI=1S/C23H20N4O6/c1-31-15-7-3-13(4-8-15)18-20-22(27-33-26-20)19(14-5-9-16(32-2)10-6-14)25-21(18)23(30)24-12-11-17(28)29/h3-10H,11-12H2,1-2H3,(H,24,30)(H,28,29). The number of hydrogen-bond donors (Lipinski definition) is 2. The van der Waals surface area contributed by atoms with E-state index in [1.54, 1.807) is 62.8 Å². The third-order valence-corrected chi connectivity index (χ3v) is 4.99. The molecule has 1 amide bonds. The SMILES string of the molecule is COc1ccc(-c2nc(C(=O)NCCC(=O)O)c(-c3ccc(OC)cc3)c3nonc23)cc1. The Kier molecular flexibility index (Phi) is 6.16. The number of amides is 1. The molecule has 0 radical (unpaired) electrons. The number of methoxy groups -OCH3 is 2. The van der Waals surface area contributed by atoms with Crippen LogP contribution in [0.2, 0.25) is 0 Å². The minimum atomic E-state index is -1.02. The van der Waals surface area contributed by atoms with Crippen molar-refractivity contribution in [2.45, 2.75) is 6.42 Å². The number of nitrogens with one attached hydrogen (secondary N) is 1. The molecular formula is C23H20N4O6. The number of fused-ring (bicyclic) bond motifs is 1. The maximum absolute atomic E-state index is 13.1. The van der Waals surface area contributed by atoms with Gasteiger partial charge in [-0.1, -0.05) is 12.1 Å². The van der Waals surface area contributed by atoms with E-state index in [0.717, 1.165) is 0 Å². The molecule has 0 saturated carbocycles. The Balaban J connectivity index is 1.89. The molecule has 0 saturated heterocycles. The quantitative estimate of drug-likeness (QED) is 0.416. The van der Waals surface area contributed by atoms with Gasteiger partial charge >= 0.3 is 5.97 Å². The van der Waals surface area contributed by atoms with Crippen LogP contribution in [0.3, 0.4) is 0 Å². The van der Waals surface area contributed by atoms with Crippen LogP contribution in [0.25, 0.3) is 33.4 Å². The Bertz CT molecular complexity index is 1300. The molecule has 0 bridgehead atoms. The summed E-state index contributed by atoms with van der Waals surface area (Å²) in [5, 5.41) is 19.6. The molecule has 0 atom stereocenters. The predicted molar refractivity (Wildman–Crippen MR) is 118 cm³/mol. The van der Waals surface area contributed by atoms with E-state index in [-0.39, 0.29) is 18.7 Å². The first-order valence-electron chi connectivity index (χ1n) is 9.97. The van der Waals surface area contributed by atoms with Crippen LogP contribution in [0, 0.1) is 0 Å². The van der Waals surface area contributed by atoms with E-state index in [1.807, 2.05) is 0 Å². The third-order valence-electron chi connectivity index (χ3n) is 4.99. The third kappa shape index (κ3) is 4.45. The van der Waals surface area contributed by atoms with Gasteiger partial charge in [0.1, 0.15) is 28.4 Å². The zero-order valence-corrected chi connectivity index (χ0v) is 17.9. The molecule has 2 aromatic heterocycles. The van der Waals surface area contributed by atoms with Gasteiger partial charge in [0.2, 0.25) is 0 Å². The second kappa shape index (κ2) is 9.35. The van der Waals surface area contributed by atoms with Crippen LogP contribution in [-0.4, -0.2) is 53.0 Å². The van der Waals surface area contributed by atoms with Gasteiger partial charge < -0.3 is 19.9 Å². The van der Waals surface area contributed by atoms with Crippen LogP contribution in [0.15, 0.2) is 53.2 Å². The van der Waals surface area contributed by atoms with E-state index in [2.05, 4.69) is 20.6 Å². The summed E-state index contributed by atoms with van der Waals surface area (Å²) < 4.78 is 15.5. The van der Waals surface area contributed by atoms with Crippen LogP contribution in [0.5, 0.6) is 11.5 Å². The maximum atomic E-state index is 13.1. The van der Waals surface area contributed by atoms with E-state index in [9.17, 15) is 9.59 Å². The number of nitrogens with zero attached hydrogens (tertiary/aromatic N) is 3. The van der Waals surface area contributed by atoms with Gasteiger partial charge in [-0.25, -0.2) is 9.61 Å². The van der Waals surface area contributed by atoms with Gasteiger partial charge in [-0.2, -0.15) is 0 Å². The summed E-state index contributed by atoms with van der Waals surface area (Å²) in [5.74, 6) is -0.256.